The quantitative estimate of drug-likeness (QED) is 0.727. The van der Waals surface area contributed by atoms with Crippen LogP contribution >= 0.6 is 11.6 Å². The molecule has 0 N–H and O–H groups in total. The molecule has 0 bridgehead atoms. The summed E-state index contributed by atoms with van der Waals surface area (Å²) in [6.45, 7) is 3.23. The first kappa shape index (κ1) is 12.7. The second-order valence-electron chi connectivity index (χ2n) is 4.70. The molecule has 0 aliphatic carbocycles. The van der Waals surface area contributed by atoms with Gasteiger partial charge in [-0.25, -0.2) is 4.39 Å². The molecule has 94 valence electrons. The molecule has 0 spiro atoms. The molecule has 3 heteroatoms. The van der Waals surface area contributed by atoms with E-state index in [4.69, 9.17) is 11.6 Å². The molecule has 17 heavy (non-hydrogen) atoms. The lowest BCUT2D eigenvalue weighted by Crippen LogP contribution is -2.39. The first-order valence-corrected chi connectivity index (χ1v) is 6.90. The monoisotopic (exact) mass is 255 g/mol. The van der Waals surface area contributed by atoms with E-state index in [1.807, 2.05) is 6.07 Å². The molecule has 0 amide bonds. The van der Waals surface area contributed by atoms with Crippen LogP contribution in [0.3, 0.4) is 0 Å². The van der Waals surface area contributed by atoms with E-state index in [9.17, 15) is 4.39 Å². The van der Waals surface area contributed by atoms with Crippen molar-refractivity contribution in [1.82, 2.24) is 0 Å². The second-order valence-corrected chi connectivity index (χ2v) is 4.97. The summed E-state index contributed by atoms with van der Waals surface area (Å²) in [5, 5.41) is 0. The van der Waals surface area contributed by atoms with Crippen molar-refractivity contribution in [3.8, 4) is 0 Å². The normalized spacial score (nSPS) is 20.6. The summed E-state index contributed by atoms with van der Waals surface area (Å²) in [6, 6.07) is 5.71. The lowest BCUT2D eigenvalue weighted by molar-refractivity contribution is 0.449. The highest BCUT2D eigenvalue weighted by Gasteiger charge is 2.21. The maximum absolute atomic E-state index is 13.5. The summed E-state index contributed by atoms with van der Waals surface area (Å²) in [6.07, 6.45) is 4.81. The van der Waals surface area contributed by atoms with Gasteiger partial charge in [0.05, 0.1) is 0 Å². The maximum atomic E-state index is 13.5. The zero-order valence-electron chi connectivity index (χ0n) is 10.3. The summed E-state index contributed by atoms with van der Waals surface area (Å²) in [5.74, 6) is 0.189. The highest BCUT2D eigenvalue weighted by molar-refractivity contribution is 6.17. The molecule has 1 fully saturated rings. The average molecular weight is 256 g/mol. The van der Waals surface area contributed by atoms with Gasteiger partial charge in [0.2, 0.25) is 0 Å². The molecule has 1 heterocycles. The maximum Gasteiger partial charge on any atom is 0.125 e. The number of nitrogens with zero attached hydrogens (tertiary/aromatic N) is 1. The van der Waals surface area contributed by atoms with Gasteiger partial charge >= 0.3 is 0 Å². The van der Waals surface area contributed by atoms with E-state index < -0.39 is 0 Å². The second kappa shape index (κ2) is 5.72. The fraction of sp³-hybridized carbons (Fsp3) is 0.571. The van der Waals surface area contributed by atoms with Crippen LogP contribution in [0.15, 0.2) is 18.2 Å². The minimum absolute atomic E-state index is 0.182. The fourth-order valence-electron chi connectivity index (χ4n) is 2.64. The van der Waals surface area contributed by atoms with Crippen molar-refractivity contribution in [3.05, 3.63) is 29.6 Å². The Hall–Kier alpha value is -0.760. The predicted molar refractivity (Wildman–Crippen MR) is 71.2 cm³/mol. The van der Waals surface area contributed by atoms with E-state index in [2.05, 4.69) is 11.8 Å². The minimum atomic E-state index is -0.182. The van der Waals surface area contributed by atoms with E-state index in [-0.39, 0.29) is 5.82 Å². The van der Waals surface area contributed by atoms with Gasteiger partial charge < -0.3 is 4.90 Å². The zero-order valence-corrected chi connectivity index (χ0v) is 11.0. The topological polar surface area (TPSA) is 3.24 Å². The summed E-state index contributed by atoms with van der Waals surface area (Å²) in [7, 11) is 0. The van der Waals surface area contributed by atoms with Crippen molar-refractivity contribution in [2.45, 2.75) is 44.5 Å². The van der Waals surface area contributed by atoms with Gasteiger partial charge in [-0.1, -0.05) is 6.92 Å². The smallest absolute Gasteiger partial charge is 0.125 e. The van der Waals surface area contributed by atoms with Crippen LogP contribution in [0.5, 0.6) is 0 Å². The van der Waals surface area contributed by atoms with Gasteiger partial charge in [-0.15, -0.1) is 11.6 Å². The van der Waals surface area contributed by atoms with Crippen LogP contribution < -0.4 is 4.90 Å². The number of alkyl halides is 1. The molecule has 2 rings (SSSR count). The number of rotatable bonds is 3. The highest BCUT2D eigenvalue weighted by Crippen LogP contribution is 2.28. The molecule has 1 saturated heterocycles. The molecule has 1 aliphatic rings. The van der Waals surface area contributed by atoms with Gasteiger partial charge in [-0.3, -0.25) is 0 Å². The Morgan fingerprint density at radius 3 is 2.88 bits per heavy atom. The van der Waals surface area contributed by atoms with Crippen LogP contribution in [0, 0.1) is 5.82 Å². The Kier molecular flexibility index (Phi) is 4.27. The molecule has 0 aromatic heterocycles. The lowest BCUT2D eigenvalue weighted by Gasteiger charge is -2.37. The Labute approximate surface area is 108 Å². The largest absolute Gasteiger partial charge is 0.368 e. The Morgan fingerprint density at radius 1 is 1.35 bits per heavy atom. The summed E-state index contributed by atoms with van der Waals surface area (Å²) in [4.78, 5) is 2.34. The molecular formula is C14H19ClFN. The lowest BCUT2D eigenvalue weighted by atomic mass is 9.99. The summed E-state index contributed by atoms with van der Waals surface area (Å²) in [5.41, 5.74) is 1.86. The van der Waals surface area contributed by atoms with Crippen LogP contribution in [-0.4, -0.2) is 12.6 Å². The first-order chi connectivity index (χ1) is 8.24. The predicted octanol–water partition coefficient (Wildman–Crippen LogP) is 4.33. The van der Waals surface area contributed by atoms with Gasteiger partial charge in [0.25, 0.3) is 0 Å². The molecule has 1 atom stereocenters. The molecule has 1 unspecified atom stereocenters. The van der Waals surface area contributed by atoms with Crippen LogP contribution in [-0.2, 0) is 5.88 Å². The zero-order chi connectivity index (χ0) is 12.3. The molecule has 1 nitrogen and oxygen atoms in total. The average Bonchev–Trinajstić information content (AvgIpc) is 2.37. The van der Waals surface area contributed by atoms with Crippen molar-refractivity contribution < 1.29 is 4.39 Å². The van der Waals surface area contributed by atoms with Gasteiger partial charge in [0, 0.05) is 24.2 Å². The van der Waals surface area contributed by atoms with Gasteiger partial charge in [-0.2, -0.15) is 0 Å². The van der Waals surface area contributed by atoms with Crippen molar-refractivity contribution in [3.63, 3.8) is 0 Å². The van der Waals surface area contributed by atoms with Crippen molar-refractivity contribution in [1.29, 1.82) is 0 Å². The van der Waals surface area contributed by atoms with E-state index in [0.29, 0.717) is 11.9 Å². The number of halogens is 2. The van der Waals surface area contributed by atoms with Gasteiger partial charge in [-0.05, 0) is 49.4 Å². The van der Waals surface area contributed by atoms with Crippen LogP contribution in [0.4, 0.5) is 10.1 Å². The standard InChI is InChI=1S/C14H19ClFN/c1-2-13-5-3-4-6-17(13)14-8-11(10-15)7-12(16)9-14/h7-9,13H,2-6,10H2,1H3. The summed E-state index contributed by atoms with van der Waals surface area (Å²) >= 11 is 5.79. The number of piperidine rings is 1. The third kappa shape index (κ3) is 2.92. The van der Waals surface area contributed by atoms with Crippen LogP contribution in [0.1, 0.15) is 38.2 Å². The van der Waals surface area contributed by atoms with Crippen LogP contribution in [0.2, 0.25) is 0 Å². The Bertz CT molecular complexity index is 380. The first-order valence-electron chi connectivity index (χ1n) is 6.36. The third-order valence-corrected chi connectivity index (χ3v) is 3.84. The van der Waals surface area contributed by atoms with Gasteiger partial charge in [0.1, 0.15) is 5.82 Å². The van der Waals surface area contributed by atoms with Crippen molar-refractivity contribution in [2.75, 3.05) is 11.4 Å². The highest BCUT2D eigenvalue weighted by atomic mass is 35.5. The molecule has 0 radical (unpaired) electrons. The minimum Gasteiger partial charge on any atom is -0.368 e. The fourth-order valence-corrected chi connectivity index (χ4v) is 2.80. The Balaban J connectivity index is 2.27. The van der Waals surface area contributed by atoms with Crippen molar-refractivity contribution in [2.24, 2.45) is 0 Å². The molecule has 1 aliphatic heterocycles. The van der Waals surface area contributed by atoms with E-state index in [0.717, 1.165) is 24.2 Å². The molecule has 0 saturated carbocycles. The van der Waals surface area contributed by atoms with Crippen LogP contribution in [0.25, 0.3) is 0 Å². The van der Waals surface area contributed by atoms with E-state index in [1.165, 1.54) is 25.3 Å². The molecule has 1 aromatic rings. The molecular weight excluding hydrogens is 237 g/mol. The van der Waals surface area contributed by atoms with E-state index in [1.54, 1.807) is 6.07 Å². The number of anilines is 1. The SMILES string of the molecule is CCC1CCCCN1c1cc(F)cc(CCl)c1. The number of hydrogen-bond acceptors (Lipinski definition) is 1. The number of hydrogen-bond donors (Lipinski definition) is 0. The van der Waals surface area contributed by atoms with E-state index >= 15 is 0 Å². The Morgan fingerprint density at radius 2 is 2.18 bits per heavy atom. The summed E-state index contributed by atoms with van der Waals surface area (Å²) < 4.78 is 13.5. The van der Waals surface area contributed by atoms with Gasteiger partial charge in [0.15, 0.2) is 0 Å². The molecule has 1 aromatic carbocycles. The van der Waals surface area contributed by atoms with Crippen molar-refractivity contribution >= 4 is 17.3 Å². The number of benzene rings is 1. The third-order valence-electron chi connectivity index (χ3n) is 3.53.